The number of β-amino-alcohol motifs (C(OH)–C–C–N with tert-alkyl or cyclic N) is 1. The van der Waals surface area contributed by atoms with E-state index in [0.717, 1.165) is 18.7 Å². The molecule has 2 aromatic carbocycles. The van der Waals surface area contributed by atoms with E-state index < -0.39 is 10.5 Å². The molecule has 2 aliphatic heterocycles. The fourth-order valence-electron chi connectivity index (χ4n) is 4.43. The molecule has 158 valence electrons. The minimum atomic E-state index is -0.962. The first-order valence-corrected chi connectivity index (χ1v) is 10.1. The molecule has 2 aromatic rings. The zero-order valence-corrected chi connectivity index (χ0v) is 17.0. The van der Waals surface area contributed by atoms with Crippen molar-refractivity contribution in [2.45, 2.75) is 31.4 Å². The zero-order valence-electron chi connectivity index (χ0n) is 17.0. The molecular weight excluding hydrogens is 384 g/mol. The molecule has 0 aromatic heterocycles. The van der Waals surface area contributed by atoms with Crippen LogP contribution in [0.3, 0.4) is 0 Å². The molecule has 8 heteroatoms. The van der Waals surface area contributed by atoms with Gasteiger partial charge in [0.1, 0.15) is 5.69 Å². The molecular formula is C22H26N4O4. The summed E-state index contributed by atoms with van der Waals surface area (Å²) >= 11 is 0. The van der Waals surface area contributed by atoms with E-state index in [1.807, 2.05) is 18.2 Å². The number of benzene rings is 2. The quantitative estimate of drug-likeness (QED) is 0.561. The van der Waals surface area contributed by atoms with Crippen LogP contribution in [-0.2, 0) is 17.8 Å². The summed E-state index contributed by atoms with van der Waals surface area (Å²) in [6, 6.07) is 13.3. The van der Waals surface area contributed by atoms with Crippen LogP contribution in [0.15, 0.2) is 42.5 Å². The summed E-state index contributed by atoms with van der Waals surface area (Å²) < 4.78 is 0. The van der Waals surface area contributed by atoms with Crippen LogP contribution in [0.2, 0.25) is 0 Å². The minimum absolute atomic E-state index is 0.00450. The maximum Gasteiger partial charge on any atom is 0.292 e. The largest absolute Gasteiger partial charge is 0.387 e. The fourth-order valence-corrected chi connectivity index (χ4v) is 4.43. The summed E-state index contributed by atoms with van der Waals surface area (Å²) in [6.45, 7) is 2.30. The van der Waals surface area contributed by atoms with Crippen LogP contribution in [0.25, 0.3) is 0 Å². The van der Waals surface area contributed by atoms with Gasteiger partial charge in [0.15, 0.2) is 0 Å². The van der Waals surface area contributed by atoms with Crippen LogP contribution in [-0.4, -0.2) is 53.1 Å². The number of carbonyl (C=O) groups is 1. The SMILES string of the molecule is CN(CC1(O)CCN(Cc2ccccc2)C1)c1cc2c(cc1[N+](=O)[O-])CCC(=O)N2. The van der Waals surface area contributed by atoms with Crippen LogP contribution in [0.4, 0.5) is 17.1 Å². The monoisotopic (exact) mass is 410 g/mol. The van der Waals surface area contributed by atoms with Gasteiger partial charge in [-0.25, -0.2) is 0 Å². The molecule has 8 nitrogen and oxygen atoms in total. The van der Waals surface area contributed by atoms with Crippen LogP contribution in [0, 0.1) is 10.1 Å². The maximum atomic E-state index is 11.7. The Kier molecular flexibility index (Phi) is 5.44. The van der Waals surface area contributed by atoms with Gasteiger partial charge in [-0.05, 0) is 30.0 Å². The molecule has 2 N–H and O–H groups in total. The Balaban J connectivity index is 1.50. The number of nitro groups is 1. The standard InChI is InChI=1S/C22H26N4O4/c1-24(14-22(28)9-10-25(15-22)13-16-5-3-2-4-6-16)19-12-18-17(7-8-21(27)23-18)11-20(19)26(29)30/h2-6,11-12,28H,7-10,13-15H2,1H3,(H,23,27). The second-order valence-electron chi connectivity index (χ2n) is 8.33. The number of nitrogens with zero attached hydrogens (tertiary/aromatic N) is 3. The van der Waals surface area contributed by atoms with Crippen LogP contribution in [0.1, 0.15) is 24.0 Å². The molecule has 0 radical (unpaired) electrons. The Morgan fingerprint density at radius 1 is 1.27 bits per heavy atom. The molecule has 1 amide bonds. The maximum absolute atomic E-state index is 11.7. The number of carbonyl (C=O) groups excluding carboxylic acids is 1. The van der Waals surface area contributed by atoms with Crippen molar-refractivity contribution in [2.75, 3.05) is 36.9 Å². The number of anilines is 2. The van der Waals surface area contributed by atoms with Gasteiger partial charge in [0.25, 0.3) is 5.69 Å². The summed E-state index contributed by atoms with van der Waals surface area (Å²) in [5.41, 5.74) is 2.01. The highest BCUT2D eigenvalue weighted by molar-refractivity contribution is 5.95. The van der Waals surface area contributed by atoms with Crippen molar-refractivity contribution in [1.29, 1.82) is 0 Å². The summed E-state index contributed by atoms with van der Waals surface area (Å²) in [6.07, 6.45) is 1.42. The molecule has 2 aliphatic rings. The highest BCUT2D eigenvalue weighted by Gasteiger charge is 2.38. The molecule has 2 heterocycles. The van der Waals surface area contributed by atoms with Crippen molar-refractivity contribution >= 4 is 23.0 Å². The van der Waals surface area contributed by atoms with Gasteiger partial charge in [-0.3, -0.25) is 19.8 Å². The molecule has 0 saturated carbocycles. The molecule has 1 atom stereocenters. The number of fused-ring (bicyclic) bond motifs is 1. The number of aryl methyl sites for hydroxylation is 1. The highest BCUT2D eigenvalue weighted by Crippen LogP contribution is 2.37. The van der Waals surface area contributed by atoms with Crippen LogP contribution in [0.5, 0.6) is 0 Å². The van der Waals surface area contributed by atoms with E-state index in [2.05, 4.69) is 22.3 Å². The lowest BCUT2D eigenvalue weighted by molar-refractivity contribution is -0.384. The van der Waals surface area contributed by atoms with Crippen LogP contribution >= 0.6 is 0 Å². The Hall–Kier alpha value is -2.97. The third-order valence-corrected chi connectivity index (χ3v) is 5.90. The first-order chi connectivity index (χ1) is 14.3. The Morgan fingerprint density at radius 2 is 2.03 bits per heavy atom. The predicted molar refractivity (Wildman–Crippen MR) is 115 cm³/mol. The van der Waals surface area contributed by atoms with Crippen molar-refractivity contribution < 1.29 is 14.8 Å². The normalized spacial score (nSPS) is 21.2. The summed E-state index contributed by atoms with van der Waals surface area (Å²) in [7, 11) is 1.75. The molecule has 30 heavy (non-hydrogen) atoms. The number of nitro benzene ring substituents is 1. The number of hydrogen-bond donors (Lipinski definition) is 2. The van der Waals surface area contributed by atoms with E-state index >= 15 is 0 Å². The van der Waals surface area contributed by atoms with E-state index in [9.17, 15) is 20.0 Å². The predicted octanol–water partition coefficient (Wildman–Crippen LogP) is 2.55. The van der Waals surface area contributed by atoms with Gasteiger partial charge in [-0.1, -0.05) is 30.3 Å². The zero-order chi connectivity index (χ0) is 21.3. The van der Waals surface area contributed by atoms with Crippen LogP contribution < -0.4 is 10.2 Å². The van der Waals surface area contributed by atoms with Crippen molar-refractivity contribution in [3.05, 3.63) is 63.7 Å². The highest BCUT2D eigenvalue weighted by atomic mass is 16.6. The topological polar surface area (TPSA) is 98.9 Å². The van der Waals surface area contributed by atoms with E-state index in [-0.39, 0.29) is 18.1 Å². The number of aliphatic hydroxyl groups is 1. The Morgan fingerprint density at radius 3 is 2.77 bits per heavy atom. The van der Waals surface area contributed by atoms with Crippen molar-refractivity contribution in [3.63, 3.8) is 0 Å². The Bertz CT molecular complexity index is 965. The third kappa shape index (κ3) is 4.29. The number of likely N-dealkylation sites (N-methyl/N-ethyl adjacent to an activating group) is 1. The van der Waals surface area contributed by atoms with E-state index in [1.54, 1.807) is 24.1 Å². The minimum Gasteiger partial charge on any atom is -0.387 e. The summed E-state index contributed by atoms with van der Waals surface area (Å²) in [5, 5.41) is 25.6. The van der Waals surface area contributed by atoms with Gasteiger partial charge in [0.2, 0.25) is 5.91 Å². The number of rotatable bonds is 6. The number of hydrogen-bond acceptors (Lipinski definition) is 6. The lowest BCUT2D eigenvalue weighted by Crippen LogP contribution is -2.44. The number of nitrogens with one attached hydrogen (secondary N) is 1. The van der Waals surface area contributed by atoms with Gasteiger partial charge < -0.3 is 15.3 Å². The molecule has 1 saturated heterocycles. The number of likely N-dealkylation sites (tertiary alicyclic amines) is 1. The molecule has 0 spiro atoms. The number of amides is 1. The van der Waals surface area contributed by atoms with E-state index in [0.29, 0.717) is 37.2 Å². The molecule has 0 aliphatic carbocycles. The average Bonchev–Trinajstić information content (AvgIpc) is 3.07. The van der Waals surface area contributed by atoms with Gasteiger partial charge in [-0.15, -0.1) is 0 Å². The fraction of sp³-hybridized carbons (Fsp3) is 0.409. The molecule has 4 rings (SSSR count). The summed E-state index contributed by atoms with van der Waals surface area (Å²) in [4.78, 5) is 26.9. The lowest BCUT2D eigenvalue weighted by Gasteiger charge is -2.31. The first kappa shape index (κ1) is 20.3. The van der Waals surface area contributed by atoms with E-state index in [1.165, 1.54) is 5.56 Å². The van der Waals surface area contributed by atoms with Crippen molar-refractivity contribution in [1.82, 2.24) is 4.90 Å². The van der Waals surface area contributed by atoms with Gasteiger partial charge in [-0.2, -0.15) is 0 Å². The second-order valence-corrected chi connectivity index (χ2v) is 8.33. The lowest BCUT2D eigenvalue weighted by atomic mass is 9.99. The summed E-state index contributed by atoms with van der Waals surface area (Å²) in [5.74, 6) is -0.0871. The average molecular weight is 410 g/mol. The molecule has 1 fully saturated rings. The van der Waals surface area contributed by atoms with Gasteiger partial charge in [0, 0.05) is 51.4 Å². The van der Waals surface area contributed by atoms with Crippen molar-refractivity contribution in [2.24, 2.45) is 0 Å². The van der Waals surface area contributed by atoms with Gasteiger partial charge in [0.05, 0.1) is 10.5 Å². The smallest absolute Gasteiger partial charge is 0.292 e. The van der Waals surface area contributed by atoms with E-state index in [4.69, 9.17) is 0 Å². The third-order valence-electron chi connectivity index (χ3n) is 5.90. The second kappa shape index (κ2) is 8.04. The molecule has 1 unspecified atom stereocenters. The Labute approximate surface area is 175 Å². The molecule has 0 bridgehead atoms. The van der Waals surface area contributed by atoms with Crippen molar-refractivity contribution in [3.8, 4) is 0 Å². The first-order valence-electron chi connectivity index (χ1n) is 10.1. The van der Waals surface area contributed by atoms with Gasteiger partial charge >= 0.3 is 0 Å².